The molecule has 2 rings (SSSR count). The molecular weight excluding hydrogens is 268 g/mol. The monoisotopic (exact) mass is 288 g/mol. The van der Waals surface area contributed by atoms with E-state index in [9.17, 15) is 10.1 Å². The number of aromatic nitrogens is 2. The summed E-state index contributed by atoms with van der Waals surface area (Å²) in [6.45, 7) is 6.11. The van der Waals surface area contributed by atoms with Crippen molar-refractivity contribution in [2.24, 2.45) is 0 Å². The van der Waals surface area contributed by atoms with Crippen LogP contribution in [0.25, 0.3) is 0 Å². The first-order chi connectivity index (χ1) is 10.1. The van der Waals surface area contributed by atoms with Crippen molar-refractivity contribution in [1.82, 2.24) is 15.1 Å². The van der Waals surface area contributed by atoms with E-state index in [1.165, 1.54) is 6.07 Å². The van der Waals surface area contributed by atoms with Crippen LogP contribution < -0.4 is 5.32 Å². The van der Waals surface area contributed by atoms with Crippen LogP contribution in [0.5, 0.6) is 0 Å². The summed E-state index contributed by atoms with van der Waals surface area (Å²) in [5, 5.41) is 18.5. The number of nitrogens with zero attached hydrogens (tertiary/aromatic N) is 3. The third-order valence-corrected chi connectivity index (χ3v) is 3.48. The molecule has 0 atom stereocenters. The zero-order valence-corrected chi connectivity index (χ0v) is 12.4. The Hall–Kier alpha value is -2.21. The van der Waals surface area contributed by atoms with E-state index in [0.717, 1.165) is 29.8 Å². The Bertz CT molecular complexity index is 622. The van der Waals surface area contributed by atoms with E-state index in [4.69, 9.17) is 0 Å². The van der Waals surface area contributed by atoms with Crippen LogP contribution >= 0.6 is 0 Å². The van der Waals surface area contributed by atoms with Gasteiger partial charge in [0.2, 0.25) is 0 Å². The molecule has 112 valence electrons. The van der Waals surface area contributed by atoms with Crippen molar-refractivity contribution in [3.63, 3.8) is 0 Å². The van der Waals surface area contributed by atoms with Crippen LogP contribution in [0.2, 0.25) is 0 Å². The fraction of sp³-hybridized carbons (Fsp3) is 0.400. The first-order valence-electron chi connectivity index (χ1n) is 7.07. The second kappa shape index (κ2) is 6.99. The Kier molecular flexibility index (Phi) is 5.05. The molecule has 0 fully saturated rings. The average Bonchev–Trinajstić information content (AvgIpc) is 2.88. The lowest BCUT2D eigenvalue weighted by atomic mass is 10.1. The van der Waals surface area contributed by atoms with Gasteiger partial charge in [0, 0.05) is 37.5 Å². The lowest BCUT2D eigenvalue weighted by Crippen LogP contribution is -2.17. The SMILES string of the molecule is CCCn1nccc1CNCc1cccc([N+](=O)[O-])c1C. The fourth-order valence-electron chi connectivity index (χ4n) is 2.31. The molecule has 1 heterocycles. The van der Waals surface area contributed by atoms with Crippen LogP contribution in [0.1, 0.15) is 30.2 Å². The van der Waals surface area contributed by atoms with Crippen molar-refractivity contribution < 1.29 is 4.92 Å². The van der Waals surface area contributed by atoms with Crippen LogP contribution in [0.4, 0.5) is 5.69 Å². The van der Waals surface area contributed by atoms with Crippen molar-refractivity contribution in [2.45, 2.75) is 39.9 Å². The van der Waals surface area contributed by atoms with Crippen molar-refractivity contribution in [3.05, 3.63) is 57.4 Å². The maximum Gasteiger partial charge on any atom is 0.272 e. The van der Waals surface area contributed by atoms with Gasteiger partial charge in [0.05, 0.1) is 10.6 Å². The molecule has 0 unspecified atom stereocenters. The van der Waals surface area contributed by atoms with Crippen LogP contribution in [-0.2, 0) is 19.6 Å². The molecule has 0 saturated carbocycles. The van der Waals surface area contributed by atoms with Gasteiger partial charge in [0.1, 0.15) is 0 Å². The number of rotatable bonds is 7. The Labute approximate surface area is 123 Å². The Balaban J connectivity index is 1.99. The first-order valence-corrected chi connectivity index (χ1v) is 7.07. The molecule has 1 aromatic carbocycles. The third-order valence-electron chi connectivity index (χ3n) is 3.48. The molecule has 1 aromatic heterocycles. The van der Waals surface area contributed by atoms with Gasteiger partial charge in [-0.3, -0.25) is 14.8 Å². The quantitative estimate of drug-likeness (QED) is 0.628. The predicted octanol–water partition coefficient (Wildman–Crippen LogP) is 2.80. The van der Waals surface area contributed by atoms with Crippen molar-refractivity contribution in [2.75, 3.05) is 0 Å². The summed E-state index contributed by atoms with van der Waals surface area (Å²) in [5.74, 6) is 0. The van der Waals surface area contributed by atoms with Crippen LogP contribution in [0.15, 0.2) is 30.5 Å². The number of hydrogen-bond donors (Lipinski definition) is 1. The van der Waals surface area contributed by atoms with Crippen molar-refractivity contribution in [3.8, 4) is 0 Å². The largest absolute Gasteiger partial charge is 0.307 e. The second-order valence-electron chi connectivity index (χ2n) is 4.97. The zero-order chi connectivity index (χ0) is 15.2. The van der Waals surface area contributed by atoms with Gasteiger partial charge in [-0.15, -0.1) is 0 Å². The number of nitro groups is 1. The molecule has 0 aliphatic rings. The molecule has 1 N–H and O–H groups in total. The molecule has 0 aliphatic heterocycles. The Morgan fingerprint density at radius 2 is 2.14 bits per heavy atom. The number of aryl methyl sites for hydroxylation is 1. The highest BCUT2D eigenvalue weighted by Gasteiger charge is 2.12. The molecule has 0 aliphatic carbocycles. The maximum atomic E-state index is 10.9. The fourth-order valence-corrected chi connectivity index (χ4v) is 2.31. The number of hydrogen-bond acceptors (Lipinski definition) is 4. The van der Waals surface area contributed by atoms with Crippen molar-refractivity contribution in [1.29, 1.82) is 0 Å². The normalized spacial score (nSPS) is 10.8. The van der Waals surface area contributed by atoms with E-state index in [-0.39, 0.29) is 10.6 Å². The van der Waals surface area contributed by atoms with E-state index < -0.39 is 0 Å². The minimum atomic E-state index is -0.338. The molecule has 6 nitrogen and oxygen atoms in total. The molecule has 0 spiro atoms. The third kappa shape index (κ3) is 3.66. The average molecular weight is 288 g/mol. The van der Waals surface area contributed by atoms with Crippen LogP contribution in [-0.4, -0.2) is 14.7 Å². The highest BCUT2D eigenvalue weighted by molar-refractivity contribution is 5.44. The van der Waals surface area contributed by atoms with E-state index in [1.807, 2.05) is 16.8 Å². The molecule has 6 heteroatoms. The molecule has 0 amide bonds. The summed E-state index contributed by atoms with van der Waals surface area (Å²) in [5.41, 5.74) is 2.97. The highest BCUT2D eigenvalue weighted by atomic mass is 16.6. The second-order valence-corrected chi connectivity index (χ2v) is 4.97. The van der Waals surface area contributed by atoms with Gasteiger partial charge in [-0.1, -0.05) is 19.1 Å². The topological polar surface area (TPSA) is 73.0 Å². The van der Waals surface area contributed by atoms with Crippen LogP contribution in [0, 0.1) is 17.0 Å². The lowest BCUT2D eigenvalue weighted by Gasteiger charge is -2.09. The number of benzene rings is 1. The highest BCUT2D eigenvalue weighted by Crippen LogP contribution is 2.20. The van der Waals surface area contributed by atoms with Crippen molar-refractivity contribution >= 4 is 5.69 Å². The van der Waals surface area contributed by atoms with Gasteiger partial charge in [-0.05, 0) is 25.0 Å². The number of nitrogens with one attached hydrogen (secondary N) is 1. The maximum absolute atomic E-state index is 10.9. The van der Waals surface area contributed by atoms with Gasteiger partial charge in [-0.2, -0.15) is 5.10 Å². The van der Waals surface area contributed by atoms with E-state index >= 15 is 0 Å². The first kappa shape index (κ1) is 15.2. The summed E-state index contributed by atoms with van der Waals surface area (Å²) in [6, 6.07) is 7.17. The minimum absolute atomic E-state index is 0.172. The summed E-state index contributed by atoms with van der Waals surface area (Å²) < 4.78 is 1.98. The summed E-state index contributed by atoms with van der Waals surface area (Å²) in [7, 11) is 0. The van der Waals surface area contributed by atoms with Gasteiger partial charge >= 0.3 is 0 Å². The van der Waals surface area contributed by atoms with Crippen LogP contribution in [0.3, 0.4) is 0 Å². The summed E-state index contributed by atoms with van der Waals surface area (Å²) in [6.07, 6.45) is 2.84. The zero-order valence-electron chi connectivity index (χ0n) is 12.4. The Morgan fingerprint density at radius 1 is 1.33 bits per heavy atom. The lowest BCUT2D eigenvalue weighted by molar-refractivity contribution is -0.385. The molecule has 2 aromatic rings. The van der Waals surface area contributed by atoms with Gasteiger partial charge < -0.3 is 5.32 Å². The van der Waals surface area contributed by atoms with Gasteiger partial charge in [0.15, 0.2) is 0 Å². The van der Waals surface area contributed by atoms with E-state index in [2.05, 4.69) is 17.3 Å². The molecular formula is C15H20N4O2. The van der Waals surface area contributed by atoms with E-state index in [0.29, 0.717) is 13.1 Å². The summed E-state index contributed by atoms with van der Waals surface area (Å²) >= 11 is 0. The standard InChI is InChI=1S/C15H20N4O2/c1-3-9-18-14(7-8-17-18)11-16-10-13-5-4-6-15(12(13)2)19(20)21/h4-8,16H,3,9-11H2,1-2H3. The van der Waals surface area contributed by atoms with E-state index in [1.54, 1.807) is 19.2 Å². The Morgan fingerprint density at radius 3 is 2.86 bits per heavy atom. The minimum Gasteiger partial charge on any atom is -0.307 e. The molecule has 0 radical (unpaired) electrons. The predicted molar refractivity (Wildman–Crippen MR) is 80.9 cm³/mol. The number of nitro benzene ring substituents is 1. The summed E-state index contributed by atoms with van der Waals surface area (Å²) in [4.78, 5) is 10.6. The molecule has 0 saturated heterocycles. The smallest absolute Gasteiger partial charge is 0.272 e. The van der Waals surface area contributed by atoms with Gasteiger partial charge in [0.25, 0.3) is 5.69 Å². The molecule has 0 bridgehead atoms. The molecule has 21 heavy (non-hydrogen) atoms. The van der Waals surface area contributed by atoms with Gasteiger partial charge in [-0.25, -0.2) is 0 Å².